The standard InChI is InChI=1S/C21H25ClN4O5/c22-16-5-3-4-15(19(16)20(29)24-8-1-2-9-24)14-23-10-12-25(13-11-23)21(30)31-26-17(27)6-7-18(26)28/h3-5H,1-2,6-14H2. The molecule has 3 fully saturated rings. The number of hydrogen-bond donors (Lipinski definition) is 0. The summed E-state index contributed by atoms with van der Waals surface area (Å²) in [5.41, 5.74) is 1.42. The molecule has 0 unspecified atom stereocenters. The van der Waals surface area contributed by atoms with Crippen molar-refractivity contribution < 1.29 is 24.0 Å². The van der Waals surface area contributed by atoms with Crippen LogP contribution in [-0.2, 0) is 21.0 Å². The fourth-order valence-corrected chi connectivity index (χ4v) is 4.42. The van der Waals surface area contributed by atoms with Crippen LogP contribution >= 0.6 is 11.6 Å². The predicted octanol–water partition coefficient (Wildman–Crippen LogP) is 1.89. The van der Waals surface area contributed by atoms with Crippen molar-refractivity contribution in [3.8, 4) is 0 Å². The van der Waals surface area contributed by atoms with E-state index in [-0.39, 0.29) is 18.7 Å². The molecule has 0 atom stereocenters. The smallest absolute Gasteiger partial charge is 0.339 e. The topological polar surface area (TPSA) is 90.5 Å². The number of carbonyl (C=O) groups is 4. The maximum atomic E-state index is 13.0. The summed E-state index contributed by atoms with van der Waals surface area (Å²) in [6.07, 6.45) is 1.46. The van der Waals surface area contributed by atoms with Crippen LogP contribution in [0.1, 0.15) is 41.6 Å². The maximum absolute atomic E-state index is 13.0. The molecule has 4 rings (SSSR count). The van der Waals surface area contributed by atoms with Crippen molar-refractivity contribution >= 4 is 35.4 Å². The Labute approximate surface area is 185 Å². The highest BCUT2D eigenvalue weighted by Gasteiger charge is 2.35. The molecular weight excluding hydrogens is 424 g/mol. The zero-order chi connectivity index (χ0) is 22.0. The van der Waals surface area contributed by atoms with Crippen molar-refractivity contribution in [3.05, 3.63) is 34.3 Å². The molecular formula is C21H25ClN4O5. The molecule has 0 N–H and O–H groups in total. The van der Waals surface area contributed by atoms with Gasteiger partial charge in [-0.1, -0.05) is 23.7 Å². The SMILES string of the molecule is O=C(ON1C(=O)CCC1=O)N1CCN(Cc2cccc(Cl)c2C(=O)N2CCCC2)CC1. The van der Waals surface area contributed by atoms with Gasteiger partial charge in [0, 0.05) is 58.7 Å². The van der Waals surface area contributed by atoms with Crippen LogP contribution in [-0.4, -0.2) is 82.8 Å². The molecule has 0 aliphatic carbocycles. The molecule has 3 saturated heterocycles. The summed E-state index contributed by atoms with van der Waals surface area (Å²) in [5, 5.41) is 1.02. The first-order chi connectivity index (χ1) is 14.9. The van der Waals surface area contributed by atoms with Crippen molar-refractivity contribution in [2.75, 3.05) is 39.3 Å². The molecule has 0 saturated carbocycles. The van der Waals surface area contributed by atoms with Crippen LogP contribution in [0.5, 0.6) is 0 Å². The molecule has 0 aromatic heterocycles. The third kappa shape index (κ3) is 4.67. The fourth-order valence-electron chi connectivity index (χ4n) is 4.14. The fraction of sp³-hybridized carbons (Fsp3) is 0.524. The number of amides is 4. The molecule has 0 bridgehead atoms. The van der Waals surface area contributed by atoms with Crippen LogP contribution in [0.4, 0.5) is 4.79 Å². The molecule has 9 nitrogen and oxygen atoms in total. The minimum Gasteiger partial charge on any atom is -0.339 e. The number of rotatable bonds is 4. The van der Waals surface area contributed by atoms with Crippen LogP contribution in [0.25, 0.3) is 0 Å². The summed E-state index contributed by atoms with van der Waals surface area (Å²) < 4.78 is 0. The zero-order valence-electron chi connectivity index (χ0n) is 17.2. The summed E-state index contributed by atoms with van der Waals surface area (Å²) in [7, 11) is 0. The van der Waals surface area contributed by atoms with Crippen LogP contribution in [0.2, 0.25) is 5.02 Å². The van der Waals surface area contributed by atoms with Crippen molar-refractivity contribution in [1.82, 2.24) is 19.8 Å². The largest absolute Gasteiger partial charge is 0.434 e. The Bertz CT molecular complexity index is 878. The first kappa shape index (κ1) is 21.6. The van der Waals surface area contributed by atoms with Gasteiger partial charge in [-0.15, -0.1) is 5.06 Å². The summed E-state index contributed by atoms with van der Waals surface area (Å²) >= 11 is 6.39. The Morgan fingerprint density at radius 1 is 0.903 bits per heavy atom. The van der Waals surface area contributed by atoms with Crippen LogP contribution in [0.3, 0.4) is 0 Å². The second-order valence-electron chi connectivity index (χ2n) is 7.98. The lowest BCUT2D eigenvalue weighted by molar-refractivity contribution is -0.174. The molecule has 3 heterocycles. The molecule has 10 heteroatoms. The first-order valence-corrected chi connectivity index (χ1v) is 10.9. The van der Waals surface area contributed by atoms with Crippen LogP contribution < -0.4 is 0 Å². The highest BCUT2D eigenvalue weighted by atomic mass is 35.5. The van der Waals surface area contributed by atoms with E-state index in [0.717, 1.165) is 31.5 Å². The maximum Gasteiger partial charge on any atom is 0.434 e. The monoisotopic (exact) mass is 448 g/mol. The lowest BCUT2D eigenvalue weighted by Gasteiger charge is -2.34. The van der Waals surface area contributed by atoms with E-state index in [2.05, 4.69) is 4.90 Å². The minimum absolute atomic E-state index is 0.0275. The van der Waals surface area contributed by atoms with E-state index in [4.69, 9.17) is 16.4 Å². The number of carbonyl (C=O) groups excluding carboxylic acids is 4. The van der Waals surface area contributed by atoms with Crippen molar-refractivity contribution in [3.63, 3.8) is 0 Å². The zero-order valence-corrected chi connectivity index (χ0v) is 18.0. The lowest BCUT2D eigenvalue weighted by Crippen LogP contribution is -2.50. The molecule has 3 aliphatic rings. The van der Waals surface area contributed by atoms with E-state index in [1.165, 1.54) is 4.90 Å². The first-order valence-electron chi connectivity index (χ1n) is 10.6. The van der Waals surface area contributed by atoms with Crippen molar-refractivity contribution in [2.45, 2.75) is 32.2 Å². The molecule has 166 valence electrons. The normalized spacial score (nSPS) is 20.0. The Hall–Kier alpha value is -2.65. The average molecular weight is 449 g/mol. The van der Waals surface area contributed by atoms with Crippen LogP contribution in [0.15, 0.2) is 18.2 Å². The quantitative estimate of drug-likeness (QED) is 0.653. The Morgan fingerprint density at radius 3 is 2.19 bits per heavy atom. The molecule has 0 radical (unpaired) electrons. The lowest BCUT2D eigenvalue weighted by atomic mass is 10.0. The Morgan fingerprint density at radius 2 is 1.55 bits per heavy atom. The highest BCUT2D eigenvalue weighted by molar-refractivity contribution is 6.34. The number of benzene rings is 1. The van der Waals surface area contributed by atoms with E-state index in [1.807, 2.05) is 17.0 Å². The van der Waals surface area contributed by atoms with Gasteiger partial charge in [0.1, 0.15) is 0 Å². The number of piperazine rings is 1. The summed E-state index contributed by atoms with van der Waals surface area (Å²) in [6.45, 7) is 3.98. The van der Waals surface area contributed by atoms with Gasteiger partial charge in [0.15, 0.2) is 0 Å². The van der Waals surface area contributed by atoms with Gasteiger partial charge in [0.05, 0.1) is 10.6 Å². The second kappa shape index (κ2) is 9.23. The Kier molecular flexibility index (Phi) is 6.43. The number of halogens is 1. The minimum atomic E-state index is -0.698. The second-order valence-corrected chi connectivity index (χ2v) is 8.38. The van der Waals surface area contributed by atoms with Gasteiger partial charge in [-0.05, 0) is 24.5 Å². The van der Waals surface area contributed by atoms with E-state index >= 15 is 0 Å². The number of imide groups is 1. The molecule has 3 aliphatic heterocycles. The van der Waals surface area contributed by atoms with Gasteiger partial charge < -0.3 is 14.6 Å². The molecule has 1 aromatic carbocycles. The number of nitrogens with zero attached hydrogens (tertiary/aromatic N) is 4. The highest BCUT2D eigenvalue weighted by Crippen LogP contribution is 2.25. The van der Waals surface area contributed by atoms with Crippen molar-refractivity contribution in [2.24, 2.45) is 0 Å². The van der Waals surface area contributed by atoms with E-state index < -0.39 is 17.9 Å². The third-order valence-electron chi connectivity index (χ3n) is 5.91. The molecule has 0 spiro atoms. The van der Waals surface area contributed by atoms with Gasteiger partial charge in [0.2, 0.25) is 0 Å². The summed E-state index contributed by atoms with van der Waals surface area (Å²) in [5.74, 6) is -1.01. The van der Waals surface area contributed by atoms with E-state index in [9.17, 15) is 19.2 Å². The number of likely N-dealkylation sites (tertiary alicyclic amines) is 1. The summed E-state index contributed by atoms with van der Waals surface area (Å²) in [4.78, 5) is 59.0. The number of hydroxylamine groups is 2. The van der Waals surface area contributed by atoms with E-state index in [1.54, 1.807) is 6.07 Å². The summed E-state index contributed by atoms with van der Waals surface area (Å²) in [6, 6.07) is 5.50. The van der Waals surface area contributed by atoms with Gasteiger partial charge in [-0.3, -0.25) is 19.3 Å². The van der Waals surface area contributed by atoms with Crippen molar-refractivity contribution in [1.29, 1.82) is 0 Å². The van der Waals surface area contributed by atoms with E-state index in [0.29, 0.717) is 48.4 Å². The van der Waals surface area contributed by atoms with Crippen LogP contribution in [0, 0.1) is 0 Å². The Balaban J connectivity index is 1.35. The van der Waals surface area contributed by atoms with Gasteiger partial charge in [0.25, 0.3) is 17.7 Å². The number of hydrogen-bond acceptors (Lipinski definition) is 6. The predicted molar refractivity (Wildman–Crippen MR) is 111 cm³/mol. The third-order valence-corrected chi connectivity index (χ3v) is 6.22. The van der Waals surface area contributed by atoms with Gasteiger partial charge in [-0.2, -0.15) is 0 Å². The van der Waals surface area contributed by atoms with Gasteiger partial charge >= 0.3 is 6.09 Å². The molecule has 4 amide bonds. The molecule has 31 heavy (non-hydrogen) atoms. The molecule has 1 aromatic rings. The van der Waals surface area contributed by atoms with Gasteiger partial charge in [-0.25, -0.2) is 4.79 Å². The average Bonchev–Trinajstić information content (AvgIpc) is 3.40.